The van der Waals surface area contributed by atoms with Crippen LogP contribution in [0.15, 0.2) is 12.2 Å². The van der Waals surface area contributed by atoms with Crippen LogP contribution >= 0.6 is 7.82 Å². The molecule has 0 saturated heterocycles. The van der Waals surface area contributed by atoms with E-state index >= 15 is 0 Å². The van der Waals surface area contributed by atoms with Gasteiger partial charge in [0.25, 0.3) is 7.82 Å². The fourth-order valence-corrected chi connectivity index (χ4v) is 8.20. The van der Waals surface area contributed by atoms with E-state index in [1.54, 1.807) is 0 Å². The van der Waals surface area contributed by atoms with Crippen LogP contribution in [0.25, 0.3) is 0 Å². The molecule has 0 aliphatic rings. The van der Waals surface area contributed by atoms with Crippen molar-refractivity contribution in [3.05, 3.63) is 12.2 Å². The van der Waals surface area contributed by atoms with E-state index in [0.29, 0.717) is 17.4 Å². The molecule has 0 aromatic carbocycles. The summed E-state index contributed by atoms with van der Waals surface area (Å²) >= 11 is 0. The first kappa shape index (κ1) is 59.8. The summed E-state index contributed by atoms with van der Waals surface area (Å²) in [5, 5.41) is 0. The summed E-state index contributed by atoms with van der Waals surface area (Å²) in [5.74, 6) is -0.830. The van der Waals surface area contributed by atoms with Crippen molar-refractivity contribution in [3.63, 3.8) is 0 Å². The van der Waals surface area contributed by atoms with Crippen molar-refractivity contribution in [1.82, 2.24) is 0 Å². The van der Waals surface area contributed by atoms with Crippen molar-refractivity contribution in [2.45, 2.75) is 258 Å². The van der Waals surface area contributed by atoms with E-state index < -0.39 is 26.5 Å². The minimum absolute atomic E-state index is 0.0286. The number of allylic oxidation sites excluding steroid dienone is 2. The van der Waals surface area contributed by atoms with Crippen molar-refractivity contribution in [3.8, 4) is 0 Å². The van der Waals surface area contributed by atoms with Gasteiger partial charge in [0.15, 0.2) is 6.10 Å². The zero-order valence-corrected chi connectivity index (χ0v) is 41.8. The molecule has 0 amide bonds. The van der Waals surface area contributed by atoms with Crippen LogP contribution in [0.2, 0.25) is 0 Å². The lowest BCUT2D eigenvalue weighted by atomic mass is 10.0. The van der Waals surface area contributed by atoms with Crippen molar-refractivity contribution in [2.75, 3.05) is 47.5 Å². The minimum atomic E-state index is -4.63. The van der Waals surface area contributed by atoms with Crippen LogP contribution in [0.5, 0.6) is 0 Å². The third-order valence-corrected chi connectivity index (χ3v) is 12.5. The van der Waals surface area contributed by atoms with Gasteiger partial charge in [0.05, 0.1) is 27.7 Å². The Kier molecular flexibility index (Phi) is 43.1. The van der Waals surface area contributed by atoms with Crippen LogP contribution in [0, 0.1) is 0 Å². The second kappa shape index (κ2) is 44.0. The standard InChI is InChI=1S/C51H100NO8P/c1-6-8-10-12-14-16-18-20-22-23-24-25-26-27-28-29-30-32-34-36-38-40-42-44-51(54)60-49(48-59-61(55,56)58-46-45-52(3,4)5)47-57-50(53)43-41-39-37-35-33-31-21-19-17-15-13-11-9-7-2/h19,21,49H,6-18,20,22-48H2,1-5H3/b21-19+/t49-/m1/s1. The highest BCUT2D eigenvalue weighted by atomic mass is 31.2. The molecule has 0 aromatic heterocycles. The van der Waals surface area contributed by atoms with Gasteiger partial charge in [0.1, 0.15) is 19.8 Å². The lowest BCUT2D eigenvalue weighted by Gasteiger charge is -2.28. The first-order chi connectivity index (χ1) is 29.5. The number of esters is 2. The van der Waals surface area contributed by atoms with Crippen molar-refractivity contribution in [2.24, 2.45) is 0 Å². The molecule has 0 N–H and O–H groups in total. The molecule has 0 aromatic rings. The van der Waals surface area contributed by atoms with Crippen molar-refractivity contribution < 1.29 is 42.1 Å². The van der Waals surface area contributed by atoms with Crippen LogP contribution < -0.4 is 4.89 Å². The van der Waals surface area contributed by atoms with Crippen LogP contribution in [-0.2, 0) is 32.7 Å². The van der Waals surface area contributed by atoms with E-state index in [4.69, 9.17) is 18.5 Å². The van der Waals surface area contributed by atoms with Gasteiger partial charge >= 0.3 is 11.9 Å². The summed E-state index contributed by atoms with van der Waals surface area (Å²) in [5.41, 5.74) is 0. The number of likely N-dealkylation sites (N-methyl/N-ethyl adjacent to an activating group) is 1. The van der Waals surface area contributed by atoms with Gasteiger partial charge in [-0.25, -0.2) is 0 Å². The Balaban J connectivity index is 4.17. The lowest BCUT2D eigenvalue weighted by molar-refractivity contribution is -0.870. The van der Waals surface area contributed by atoms with Crippen LogP contribution in [0.3, 0.4) is 0 Å². The maximum absolute atomic E-state index is 12.7. The maximum Gasteiger partial charge on any atom is 0.306 e. The molecule has 0 heterocycles. The van der Waals surface area contributed by atoms with Crippen LogP contribution in [-0.4, -0.2) is 70.0 Å². The van der Waals surface area contributed by atoms with Crippen LogP contribution in [0.4, 0.5) is 0 Å². The highest BCUT2D eigenvalue weighted by Crippen LogP contribution is 2.38. The number of quaternary nitrogens is 1. The molecule has 10 heteroatoms. The van der Waals surface area contributed by atoms with Gasteiger partial charge in [0.2, 0.25) is 0 Å². The molecule has 0 aliphatic carbocycles. The SMILES string of the molecule is CCCCCCC/C=C/CCCCCCCC(=O)OC[C@H](COP(=O)([O-])OCC[N+](C)(C)C)OC(=O)CCCCCCCCCCCCCCCCCCCCCCCCC. The fourth-order valence-electron chi connectivity index (χ4n) is 7.48. The summed E-state index contributed by atoms with van der Waals surface area (Å²) in [6, 6.07) is 0. The number of ether oxygens (including phenoxy) is 2. The van der Waals surface area contributed by atoms with Gasteiger partial charge in [-0.3, -0.25) is 14.2 Å². The molecule has 2 atom stereocenters. The molecular formula is C51H100NO8P. The number of phosphoric ester groups is 1. The first-order valence-corrected chi connectivity index (χ1v) is 27.4. The molecule has 61 heavy (non-hydrogen) atoms. The number of hydrogen-bond acceptors (Lipinski definition) is 8. The molecule has 0 bridgehead atoms. The minimum Gasteiger partial charge on any atom is -0.756 e. The largest absolute Gasteiger partial charge is 0.756 e. The molecule has 362 valence electrons. The number of rotatable bonds is 48. The molecule has 0 saturated carbocycles. The molecule has 0 spiro atoms. The number of hydrogen-bond donors (Lipinski definition) is 0. The zero-order valence-electron chi connectivity index (χ0n) is 40.9. The number of phosphoric acid groups is 1. The summed E-state index contributed by atoms with van der Waals surface area (Å²) < 4.78 is 34.0. The van der Waals surface area contributed by atoms with E-state index in [1.807, 2.05) is 21.1 Å². The van der Waals surface area contributed by atoms with Gasteiger partial charge < -0.3 is 27.9 Å². The Morgan fingerprint density at radius 2 is 0.836 bits per heavy atom. The van der Waals surface area contributed by atoms with E-state index in [-0.39, 0.29) is 32.0 Å². The van der Waals surface area contributed by atoms with E-state index in [0.717, 1.165) is 51.4 Å². The summed E-state index contributed by atoms with van der Waals surface area (Å²) in [4.78, 5) is 37.7. The average molecular weight is 886 g/mol. The Hall–Kier alpha value is -1.25. The monoisotopic (exact) mass is 886 g/mol. The topological polar surface area (TPSA) is 111 Å². The quantitative estimate of drug-likeness (QED) is 0.0195. The average Bonchev–Trinajstić information content (AvgIpc) is 3.21. The molecule has 1 unspecified atom stereocenters. The van der Waals surface area contributed by atoms with Crippen molar-refractivity contribution in [1.29, 1.82) is 0 Å². The number of carbonyl (C=O) groups is 2. The third-order valence-electron chi connectivity index (χ3n) is 11.5. The fraction of sp³-hybridized carbons (Fsp3) is 0.922. The summed E-state index contributed by atoms with van der Waals surface area (Å²) in [6.07, 6.45) is 48.2. The Morgan fingerprint density at radius 1 is 0.492 bits per heavy atom. The maximum atomic E-state index is 12.7. The first-order valence-electron chi connectivity index (χ1n) is 25.9. The number of nitrogens with zero attached hydrogens (tertiary/aromatic N) is 1. The number of unbranched alkanes of at least 4 members (excludes halogenated alkanes) is 32. The summed E-state index contributed by atoms with van der Waals surface area (Å²) in [7, 11) is 1.18. The highest BCUT2D eigenvalue weighted by Gasteiger charge is 2.21. The zero-order chi connectivity index (χ0) is 45.0. The summed E-state index contributed by atoms with van der Waals surface area (Å²) in [6.45, 7) is 4.26. The Morgan fingerprint density at radius 3 is 1.21 bits per heavy atom. The smallest absolute Gasteiger partial charge is 0.306 e. The molecule has 0 radical (unpaired) electrons. The lowest BCUT2D eigenvalue weighted by Crippen LogP contribution is -2.37. The normalized spacial score (nSPS) is 13.5. The predicted octanol–water partition coefficient (Wildman–Crippen LogP) is 14.7. The highest BCUT2D eigenvalue weighted by molar-refractivity contribution is 7.45. The van der Waals surface area contributed by atoms with Gasteiger partial charge in [-0.15, -0.1) is 0 Å². The van der Waals surface area contributed by atoms with Crippen molar-refractivity contribution >= 4 is 19.8 Å². The van der Waals surface area contributed by atoms with Gasteiger partial charge in [-0.2, -0.15) is 0 Å². The molecule has 0 rings (SSSR count). The number of carbonyl (C=O) groups excluding carboxylic acids is 2. The van der Waals surface area contributed by atoms with Gasteiger partial charge in [-0.05, 0) is 38.5 Å². The Labute approximate surface area is 377 Å². The molecule has 0 fully saturated rings. The van der Waals surface area contributed by atoms with Crippen LogP contribution in [0.1, 0.15) is 251 Å². The van der Waals surface area contributed by atoms with Gasteiger partial charge in [-0.1, -0.05) is 212 Å². The Bertz CT molecular complexity index is 1050. The predicted molar refractivity (Wildman–Crippen MR) is 255 cm³/mol. The van der Waals surface area contributed by atoms with E-state index in [1.165, 1.54) is 167 Å². The molecule has 0 aliphatic heterocycles. The molecule has 9 nitrogen and oxygen atoms in total. The molecular weight excluding hydrogens is 786 g/mol. The third kappa shape index (κ3) is 48.1. The second-order valence-electron chi connectivity index (χ2n) is 18.9. The van der Waals surface area contributed by atoms with E-state index in [2.05, 4.69) is 26.0 Å². The van der Waals surface area contributed by atoms with E-state index in [9.17, 15) is 19.0 Å². The van der Waals surface area contributed by atoms with Gasteiger partial charge in [0, 0.05) is 12.8 Å². The second-order valence-corrected chi connectivity index (χ2v) is 20.3.